The second kappa shape index (κ2) is 6.39. The molecular weight excluding hydrogens is 294 g/mol. The summed E-state index contributed by atoms with van der Waals surface area (Å²) >= 11 is 1.81. The van der Waals surface area contributed by atoms with E-state index in [4.69, 9.17) is 0 Å². The van der Waals surface area contributed by atoms with Crippen molar-refractivity contribution in [3.05, 3.63) is 21.9 Å². The first-order valence-electron chi connectivity index (χ1n) is 8.10. The average Bonchev–Trinajstić information content (AvgIpc) is 3.02. The topological polar surface area (TPSA) is 47.3 Å². The van der Waals surface area contributed by atoms with Crippen molar-refractivity contribution in [3.63, 3.8) is 0 Å². The molecule has 1 saturated carbocycles. The molecule has 22 heavy (non-hydrogen) atoms. The van der Waals surface area contributed by atoms with Crippen LogP contribution in [0.4, 0.5) is 0 Å². The third-order valence-electron chi connectivity index (χ3n) is 5.15. The van der Waals surface area contributed by atoms with Crippen LogP contribution in [0.3, 0.4) is 0 Å². The van der Waals surface area contributed by atoms with E-state index in [-0.39, 0.29) is 5.91 Å². The molecule has 1 aliphatic carbocycles. The normalized spacial score (nSPS) is 20.9. The van der Waals surface area contributed by atoms with E-state index in [0.717, 1.165) is 45.2 Å². The Morgan fingerprint density at radius 2 is 2.23 bits per heavy atom. The molecule has 2 heterocycles. The molecule has 0 unspecified atom stereocenters. The molecule has 1 aromatic heterocycles. The van der Waals surface area contributed by atoms with Crippen molar-refractivity contribution in [1.82, 2.24) is 9.80 Å². The zero-order valence-electron chi connectivity index (χ0n) is 13.2. The molecule has 1 aliphatic heterocycles. The zero-order valence-corrected chi connectivity index (χ0v) is 14.0. The first kappa shape index (κ1) is 15.5. The highest BCUT2D eigenvalue weighted by atomic mass is 32.1. The molecule has 1 aromatic rings. The van der Waals surface area contributed by atoms with E-state index in [9.17, 15) is 10.1 Å². The fourth-order valence-corrected chi connectivity index (χ4v) is 4.53. The van der Waals surface area contributed by atoms with Gasteiger partial charge in [-0.15, -0.1) is 11.3 Å². The number of thiophene rings is 1. The number of nitriles is 1. The average molecular weight is 317 g/mol. The lowest BCUT2D eigenvalue weighted by Gasteiger charge is -2.40. The van der Waals surface area contributed by atoms with Gasteiger partial charge in [-0.1, -0.05) is 19.3 Å². The number of hydrogen-bond donors (Lipinski definition) is 0. The molecule has 1 amide bonds. The van der Waals surface area contributed by atoms with Gasteiger partial charge in [0.1, 0.15) is 5.54 Å². The highest BCUT2D eigenvalue weighted by molar-refractivity contribution is 7.10. The lowest BCUT2D eigenvalue weighted by Crippen LogP contribution is -2.52. The van der Waals surface area contributed by atoms with Crippen LogP contribution in [0.15, 0.2) is 11.4 Å². The van der Waals surface area contributed by atoms with Gasteiger partial charge < -0.3 is 4.90 Å². The maximum absolute atomic E-state index is 12.7. The van der Waals surface area contributed by atoms with Crippen molar-refractivity contribution >= 4 is 17.2 Å². The van der Waals surface area contributed by atoms with Gasteiger partial charge in [0.15, 0.2) is 0 Å². The Morgan fingerprint density at radius 3 is 2.95 bits per heavy atom. The largest absolute Gasteiger partial charge is 0.326 e. The summed E-state index contributed by atoms with van der Waals surface area (Å²) in [6, 6.07) is 4.60. The Balaban J connectivity index is 1.63. The minimum atomic E-state index is -0.571. The number of hydrogen-bond acceptors (Lipinski definition) is 4. The molecule has 4 nitrogen and oxygen atoms in total. The van der Waals surface area contributed by atoms with E-state index in [1.54, 1.807) is 4.90 Å². The highest BCUT2D eigenvalue weighted by Gasteiger charge is 2.39. The Kier molecular flexibility index (Phi) is 4.51. The summed E-state index contributed by atoms with van der Waals surface area (Å²) in [6.07, 6.45) is 5.95. The lowest BCUT2D eigenvalue weighted by atomic mass is 9.81. The molecule has 0 atom stereocenters. The second-order valence-corrected chi connectivity index (χ2v) is 7.49. The Morgan fingerprint density at radius 1 is 1.45 bits per heavy atom. The molecule has 0 N–H and O–H groups in total. The van der Waals surface area contributed by atoms with E-state index in [1.165, 1.54) is 16.9 Å². The van der Waals surface area contributed by atoms with Gasteiger partial charge in [-0.05, 0) is 36.3 Å². The van der Waals surface area contributed by atoms with Crippen LogP contribution < -0.4 is 0 Å². The van der Waals surface area contributed by atoms with Crippen LogP contribution in [0, 0.1) is 11.3 Å². The van der Waals surface area contributed by atoms with Crippen LogP contribution in [0.25, 0.3) is 0 Å². The van der Waals surface area contributed by atoms with Crippen LogP contribution >= 0.6 is 11.3 Å². The standard InChI is InChI=1S/C17H23N3OS/c1-19(17(13-18)7-3-2-4-8-17)16(21)12-20-9-5-15-14(11-20)6-10-22-15/h6,10H,2-5,7-9,11-12H2,1H3. The fraction of sp³-hybridized carbons (Fsp3) is 0.647. The summed E-state index contributed by atoms with van der Waals surface area (Å²) in [4.78, 5) is 18.1. The molecule has 1 fully saturated rings. The monoisotopic (exact) mass is 317 g/mol. The number of carbonyl (C=O) groups excluding carboxylic acids is 1. The van der Waals surface area contributed by atoms with Gasteiger partial charge in [0.2, 0.25) is 5.91 Å². The zero-order chi connectivity index (χ0) is 15.6. The summed E-state index contributed by atoms with van der Waals surface area (Å²) in [5.74, 6) is 0.0853. The summed E-state index contributed by atoms with van der Waals surface area (Å²) < 4.78 is 0. The van der Waals surface area contributed by atoms with Crippen molar-refractivity contribution in [2.24, 2.45) is 0 Å². The predicted octanol–water partition coefficient (Wildman–Crippen LogP) is 2.79. The number of likely N-dealkylation sites (N-methyl/N-ethyl adjacent to an activating group) is 1. The van der Waals surface area contributed by atoms with Gasteiger partial charge in [0, 0.05) is 25.0 Å². The molecule has 0 radical (unpaired) electrons. The van der Waals surface area contributed by atoms with Crippen molar-refractivity contribution in [2.45, 2.75) is 50.6 Å². The Bertz CT molecular complexity index is 583. The first-order chi connectivity index (χ1) is 10.6. The van der Waals surface area contributed by atoms with Gasteiger partial charge in [-0.3, -0.25) is 9.69 Å². The molecule has 0 aromatic carbocycles. The molecule has 2 aliphatic rings. The van der Waals surface area contributed by atoms with E-state index in [0.29, 0.717) is 6.54 Å². The van der Waals surface area contributed by atoms with Crippen molar-refractivity contribution < 1.29 is 4.79 Å². The SMILES string of the molecule is CN(C(=O)CN1CCc2sccc2C1)C1(C#N)CCCCC1. The minimum absolute atomic E-state index is 0.0853. The molecule has 0 saturated heterocycles. The Hall–Kier alpha value is -1.38. The predicted molar refractivity (Wildman–Crippen MR) is 87.5 cm³/mol. The summed E-state index contributed by atoms with van der Waals surface area (Å²) in [5, 5.41) is 11.7. The number of fused-ring (bicyclic) bond motifs is 1. The second-order valence-electron chi connectivity index (χ2n) is 6.49. The van der Waals surface area contributed by atoms with E-state index in [2.05, 4.69) is 22.4 Å². The maximum Gasteiger partial charge on any atom is 0.237 e. The molecular formula is C17H23N3OS. The number of rotatable bonds is 3. The number of carbonyl (C=O) groups is 1. The lowest BCUT2D eigenvalue weighted by molar-refractivity contribution is -0.136. The van der Waals surface area contributed by atoms with Gasteiger partial charge in [-0.25, -0.2) is 0 Å². The molecule has 118 valence electrons. The minimum Gasteiger partial charge on any atom is -0.326 e. The van der Waals surface area contributed by atoms with Crippen LogP contribution in [0.5, 0.6) is 0 Å². The smallest absolute Gasteiger partial charge is 0.237 e. The van der Waals surface area contributed by atoms with Gasteiger partial charge >= 0.3 is 0 Å². The number of amides is 1. The fourth-order valence-electron chi connectivity index (χ4n) is 3.64. The van der Waals surface area contributed by atoms with E-state index >= 15 is 0 Å². The van der Waals surface area contributed by atoms with Crippen LogP contribution in [-0.4, -0.2) is 41.4 Å². The molecule has 0 bridgehead atoms. The van der Waals surface area contributed by atoms with Crippen molar-refractivity contribution in [2.75, 3.05) is 20.1 Å². The van der Waals surface area contributed by atoms with Crippen LogP contribution in [0.1, 0.15) is 42.5 Å². The van der Waals surface area contributed by atoms with Gasteiger partial charge in [0.25, 0.3) is 0 Å². The van der Waals surface area contributed by atoms with Gasteiger partial charge in [-0.2, -0.15) is 5.26 Å². The van der Waals surface area contributed by atoms with Gasteiger partial charge in [0.05, 0.1) is 12.6 Å². The highest BCUT2D eigenvalue weighted by Crippen LogP contribution is 2.32. The molecule has 3 rings (SSSR count). The summed E-state index contributed by atoms with van der Waals surface area (Å²) in [6.45, 7) is 2.22. The quantitative estimate of drug-likeness (QED) is 0.861. The summed E-state index contributed by atoms with van der Waals surface area (Å²) in [7, 11) is 1.82. The third-order valence-corrected chi connectivity index (χ3v) is 6.17. The molecule has 5 heteroatoms. The maximum atomic E-state index is 12.7. The van der Waals surface area contributed by atoms with Crippen molar-refractivity contribution in [1.29, 1.82) is 5.26 Å². The third kappa shape index (κ3) is 2.90. The van der Waals surface area contributed by atoms with Crippen molar-refractivity contribution in [3.8, 4) is 6.07 Å². The summed E-state index contributed by atoms with van der Waals surface area (Å²) in [5.41, 5.74) is 0.790. The van der Waals surface area contributed by atoms with Crippen LogP contribution in [-0.2, 0) is 17.8 Å². The first-order valence-corrected chi connectivity index (χ1v) is 8.98. The number of nitrogens with zero attached hydrogens (tertiary/aromatic N) is 3. The van der Waals surface area contributed by atoms with E-state index in [1.807, 2.05) is 18.4 Å². The Labute approximate surface area is 136 Å². The van der Waals surface area contributed by atoms with E-state index < -0.39 is 5.54 Å². The van der Waals surface area contributed by atoms with Crippen LogP contribution in [0.2, 0.25) is 0 Å². The molecule has 0 spiro atoms.